The van der Waals surface area contributed by atoms with E-state index in [2.05, 4.69) is 18.3 Å². The molecule has 0 bridgehead atoms. The number of carbonyl (C=O) groups excluding carboxylic acids is 1. The van der Waals surface area contributed by atoms with Crippen LogP contribution in [0.1, 0.15) is 23.6 Å². The lowest BCUT2D eigenvalue weighted by atomic mass is 10.1. The third kappa shape index (κ3) is 5.20. The molecule has 1 amide bonds. The second-order valence-electron chi connectivity index (χ2n) is 5.07. The quantitative estimate of drug-likeness (QED) is 0.820. The van der Waals surface area contributed by atoms with Crippen LogP contribution in [0.4, 0.5) is 5.69 Å². The summed E-state index contributed by atoms with van der Waals surface area (Å²) in [6, 6.07) is 15.7. The first kappa shape index (κ1) is 16.6. The van der Waals surface area contributed by atoms with Gasteiger partial charge in [0.25, 0.3) is 0 Å². The molecular weight excluding hydrogens is 294 g/mol. The summed E-state index contributed by atoms with van der Waals surface area (Å²) in [7, 11) is 0. The van der Waals surface area contributed by atoms with Crippen LogP contribution in [0, 0.1) is 0 Å². The molecule has 0 aliphatic carbocycles. The van der Waals surface area contributed by atoms with Gasteiger partial charge in [-0.05, 0) is 35.2 Å². The highest BCUT2D eigenvalue weighted by Crippen LogP contribution is 2.15. The molecule has 0 unspecified atom stereocenters. The van der Waals surface area contributed by atoms with Crippen LogP contribution >= 0.6 is 11.8 Å². The monoisotopic (exact) mass is 315 g/mol. The summed E-state index contributed by atoms with van der Waals surface area (Å²) in [5.74, 6) is 1.23. The molecule has 0 atom stereocenters. The predicted molar refractivity (Wildman–Crippen MR) is 93.0 cm³/mol. The molecular formula is C18H21NO2S. The van der Waals surface area contributed by atoms with Crippen molar-refractivity contribution in [2.24, 2.45) is 0 Å². The summed E-state index contributed by atoms with van der Waals surface area (Å²) >= 11 is 1.58. The summed E-state index contributed by atoms with van der Waals surface area (Å²) in [6.45, 7) is 2.16. The van der Waals surface area contributed by atoms with Gasteiger partial charge >= 0.3 is 0 Å². The van der Waals surface area contributed by atoms with Crippen LogP contribution in [0.3, 0.4) is 0 Å². The lowest BCUT2D eigenvalue weighted by molar-refractivity contribution is -0.113. The van der Waals surface area contributed by atoms with Gasteiger partial charge in [-0.25, -0.2) is 0 Å². The van der Waals surface area contributed by atoms with Gasteiger partial charge in [-0.2, -0.15) is 0 Å². The van der Waals surface area contributed by atoms with Gasteiger partial charge < -0.3 is 10.4 Å². The van der Waals surface area contributed by atoms with Gasteiger partial charge in [0.1, 0.15) is 0 Å². The van der Waals surface area contributed by atoms with Crippen LogP contribution in [-0.2, 0) is 23.6 Å². The molecule has 116 valence electrons. The fraction of sp³-hybridized carbons (Fsp3) is 0.278. The Morgan fingerprint density at radius 1 is 1.09 bits per heavy atom. The molecule has 2 aromatic rings. The number of amides is 1. The van der Waals surface area contributed by atoms with Gasteiger partial charge in [0.15, 0.2) is 0 Å². The highest BCUT2D eigenvalue weighted by atomic mass is 32.2. The van der Waals surface area contributed by atoms with E-state index in [1.807, 2.05) is 42.5 Å². The molecule has 22 heavy (non-hydrogen) atoms. The van der Waals surface area contributed by atoms with E-state index in [4.69, 9.17) is 5.11 Å². The van der Waals surface area contributed by atoms with Crippen molar-refractivity contribution in [2.45, 2.75) is 25.7 Å². The van der Waals surface area contributed by atoms with Crippen molar-refractivity contribution in [3.63, 3.8) is 0 Å². The Bertz CT molecular complexity index is 611. The number of hydrogen-bond acceptors (Lipinski definition) is 3. The van der Waals surface area contributed by atoms with Crippen molar-refractivity contribution in [3.05, 3.63) is 65.2 Å². The van der Waals surface area contributed by atoms with Crippen LogP contribution in [0.25, 0.3) is 0 Å². The molecule has 4 heteroatoms. The summed E-state index contributed by atoms with van der Waals surface area (Å²) in [6.07, 6.45) is 0.961. The maximum absolute atomic E-state index is 11.9. The summed E-state index contributed by atoms with van der Waals surface area (Å²) in [5, 5.41) is 11.9. The summed E-state index contributed by atoms with van der Waals surface area (Å²) in [4.78, 5) is 11.9. The number of aryl methyl sites for hydroxylation is 1. The first-order chi connectivity index (χ1) is 10.7. The molecule has 0 aliphatic heterocycles. The first-order valence-electron chi connectivity index (χ1n) is 7.36. The molecule has 0 saturated heterocycles. The van der Waals surface area contributed by atoms with E-state index in [-0.39, 0.29) is 12.5 Å². The van der Waals surface area contributed by atoms with Crippen LogP contribution < -0.4 is 5.32 Å². The average molecular weight is 315 g/mol. The topological polar surface area (TPSA) is 49.3 Å². The van der Waals surface area contributed by atoms with E-state index in [9.17, 15) is 4.79 Å². The van der Waals surface area contributed by atoms with E-state index >= 15 is 0 Å². The van der Waals surface area contributed by atoms with Gasteiger partial charge in [-0.1, -0.05) is 43.3 Å². The third-order valence-corrected chi connectivity index (χ3v) is 4.33. The van der Waals surface area contributed by atoms with Gasteiger partial charge in [-0.15, -0.1) is 11.8 Å². The molecule has 0 radical (unpaired) electrons. The Labute approximate surface area is 135 Å². The molecule has 3 nitrogen and oxygen atoms in total. The maximum atomic E-state index is 11.9. The molecule has 0 fully saturated rings. The number of thioether (sulfide) groups is 1. The number of hydrogen-bond donors (Lipinski definition) is 2. The first-order valence-corrected chi connectivity index (χ1v) is 8.52. The normalized spacial score (nSPS) is 10.5. The Kier molecular flexibility index (Phi) is 6.49. The Hall–Kier alpha value is -1.78. The average Bonchev–Trinajstić information content (AvgIpc) is 2.55. The van der Waals surface area contributed by atoms with Crippen molar-refractivity contribution >= 4 is 23.4 Å². The van der Waals surface area contributed by atoms with Crippen molar-refractivity contribution in [2.75, 3.05) is 11.1 Å². The zero-order valence-corrected chi connectivity index (χ0v) is 13.5. The number of carbonyl (C=O) groups is 1. The second kappa shape index (κ2) is 8.61. The van der Waals surface area contributed by atoms with Gasteiger partial charge in [-0.3, -0.25) is 4.79 Å². The Morgan fingerprint density at radius 2 is 1.82 bits per heavy atom. The van der Waals surface area contributed by atoms with Crippen molar-refractivity contribution in [1.29, 1.82) is 0 Å². The number of benzene rings is 2. The highest BCUT2D eigenvalue weighted by Gasteiger charge is 2.04. The number of aliphatic hydroxyl groups excluding tert-OH is 1. The van der Waals surface area contributed by atoms with Crippen LogP contribution in [0.5, 0.6) is 0 Å². The van der Waals surface area contributed by atoms with E-state index in [1.54, 1.807) is 11.8 Å². The Morgan fingerprint density at radius 3 is 2.50 bits per heavy atom. The number of aliphatic hydroxyl groups is 1. The predicted octanol–water partition coefficient (Wildman–Crippen LogP) is 3.61. The zero-order chi connectivity index (χ0) is 15.8. The smallest absolute Gasteiger partial charge is 0.234 e. The molecule has 2 aromatic carbocycles. The minimum absolute atomic E-state index is 0.0187. The fourth-order valence-corrected chi connectivity index (χ4v) is 2.86. The highest BCUT2D eigenvalue weighted by molar-refractivity contribution is 7.99. The minimum Gasteiger partial charge on any atom is -0.392 e. The van der Waals surface area contributed by atoms with E-state index < -0.39 is 0 Å². The fourth-order valence-electron chi connectivity index (χ4n) is 2.07. The molecule has 0 heterocycles. The van der Waals surface area contributed by atoms with Crippen molar-refractivity contribution < 1.29 is 9.90 Å². The lowest BCUT2D eigenvalue weighted by Gasteiger charge is -2.07. The number of rotatable bonds is 7. The minimum atomic E-state index is 0.0187. The molecule has 2 rings (SSSR count). The van der Waals surface area contributed by atoms with E-state index in [0.29, 0.717) is 5.75 Å². The van der Waals surface area contributed by atoms with Crippen molar-refractivity contribution in [1.82, 2.24) is 0 Å². The van der Waals surface area contributed by atoms with Gasteiger partial charge in [0.05, 0.1) is 12.4 Å². The molecule has 0 aliphatic rings. The Balaban J connectivity index is 1.77. The summed E-state index contributed by atoms with van der Waals surface area (Å²) in [5.41, 5.74) is 4.14. The van der Waals surface area contributed by atoms with Gasteiger partial charge in [0.2, 0.25) is 5.91 Å². The molecule has 0 aromatic heterocycles. The number of nitrogens with one attached hydrogen (secondary N) is 1. The maximum Gasteiger partial charge on any atom is 0.234 e. The van der Waals surface area contributed by atoms with E-state index in [1.165, 1.54) is 5.56 Å². The second-order valence-corrected chi connectivity index (χ2v) is 6.06. The molecule has 0 spiro atoms. The lowest BCUT2D eigenvalue weighted by Crippen LogP contribution is -2.14. The van der Waals surface area contributed by atoms with Crippen molar-refractivity contribution in [3.8, 4) is 0 Å². The SMILES string of the molecule is CCc1cccc(NC(=O)CSCc2ccc(CO)cc2)c1. The standard InChI is InChI=1S/C18H21NO2S/c1-2-14-4-3-5-17(10-14)19-18(21)13-22-12-16-8-6-15(11-20)7-9-16/h3-10,20H,2,11-13H2,1H3,(H,19,21). The van der Waals surface area contributed by atoms with Crippen LogP contribution in [0.15, 0.2) is 48.5 Å². The largest absolute Gasteiger partial charge is 0.392 e. The third-order valence-electron chi connectivity index (χ3n) is 3.33. The van der Waals surface area contributed by atoms with Crippen LogP contribution in [-0.4, -0.2) is 16.8 Å². The summed E-state index contributed by atoms with van der Waals surface area (Å²) < 4.78 is 0. The molecule has 0 saturated carbocycles. The van der Waals surface area contributed by atoms with Crippen LogP contribution in [0.2, 0.25) is 0 Å². The van der Waals surface area contributed by atoms with Gasteiger partial charge in [0, 0.05) is 11.4 Å². The number of anilines is 1. The zero-order valence-electron chi connectivity index (χ0n) is 12.7. The molecule has 2 N–H and O–H groups in total. The van der Waals surface area contributed by atoms with E-state index in [0.717, 1.165) is 29.0 Å².